The van der Waals surface area contributed by atoms with Crippen LogP contribution in [0.1, 0.15) is 17.2 Å². The lowest BCUT2D eigenvalue weighted by Crippen LogP contribution is -2.42. The fourth-order valence-electron chi connectivity index (χ4n) is 4.93. The van der Waals surface area contributed by atoms with E-state index in [4.69, 9.17) is 28.4 Å². The number of hydrogen-bond acceptors (Lipinski definition) is 10. The molecule has 2 aromatic rings. The van der Waals surface area contributed by atoms with Crippen molar-refractivity contribution >= 4 is 17.4 Å². The Balaban J connectivity index is 1.86. The van der Waals surface area contributed by atoms with Crippen molar-refractivity contribution in [1.82, 2.24) is 9.80 Å². The number of hydrogen-bond donors (Lipinski definition) is 1. The van der Waals surface area contributed by atoms with E-state index in [-0.39, 0.29) is 17.9 Å². The molecule has 2 saturated heterocycles. The number of rotatable bonds is 10. The van der Waals surface area contributed by atoms with Crippen molar-refractivity contribution in [1.29, 1.82) is 0 Å². The maximum atomic E-state index is 13.5. The molecule has 2 aliphatic heterocycles. The highest BCUT2D eigenvalue weighted by Crippen LogP contribution is 2.46. The van der Waals surface area contributed by atoms with E-state index in [2.05, 4.69) is 4.90 Å². The molecule has 1 amide bonds. The molecule has 0 spiro atoms. The minimum Gasteiger partial charge on any atom is -0.507 e. The summed E-state index contributed by atoms with van der Waals surface area (Å²) in [6, 6.07) is 7.23. The molecule has 2 aliphatic rings. The van der Waals surface area contributed by atoms with E-state index in [9.17, 15) is 14.7 Å². The van der Waals surface area contributed by atoms with Gasteiger partial charge < -0.3 is 38.4 Å². The van der Waals surface area contributed by atoms with Crippen LogP contribution in [0.3, 0.4) is 0 Å². The molecule has 39 heavy (non-hydrogen) atoms. The van der Waals surface area contributed by atoms with Crippen molar-refractivity contribution in [2.24, 2.45) is 0 Å². The van der Waals surface area contributed by atoms with Crippen LogP contribution in [0.25, 0.3) is 5.76 Å². The van der Waals surface area contributed by atoms with Gasteiger partial charge in [0.15, 0.2) is 23.0 Å². The van der Waals surface area contributed by atoms with Gasteiger partial charge in [0.1, 0.15) is 5.76 Å². The van der Waals surface area contributed by atoms with Crippen LogP contribution in [-0.4, -0.2) is 102 Å². The van der Waals surface area contributed by atoms with Gasteiger partial charge in [0.05, 0.1) is 60.4 Å². The Morgan fingerprint density at radius 2 is 1.46 bits per heavy atom. The number of ketones is 1. The van der Waals surface area contributed by atoms with E-state index in [1.807, 2.05) is 0 Å². The number of amides is 1. The van der Waals surface area contributed by atoms with E-state index in [1.165, 1.54) is 40.4 Å². The number of morpholine rings is 1. The zero-order valence-corrected chi connectivity index (χ0v) is 22.8. The summed E-state index contributed by atoms with van der Waals surface area (Å²) in [6.07, 6.45) is 0. The summed E-state index contributed by atoms with van der Waals surface area (Å²) < 4.78 is 32.6. The molecule has 1 N–H and O–H groups in total. The first-order valence-electron chi connectivity index (χ1n) is 12.5. The Hall–Kier alpha value is -3.96. The number of benzene rings is 2. The molecule has 11 heteroatoms. The highest BCUT2D eigenvalue weighted by atomic mass is 16.5. The molecule has 210 valence electrons. The molecule has 2 aromatic carbocycles. The summed E-state index contributed by atoms with van der Waals surface area (Å²) in [5.74, 6) is 0.0879. The number of aliphatic hydroxyl groups excluding tert-OH is 1. The number of likely N-dealkylation sites (tertiary alicyclic amines) is 1. The average Bonchev–Trinajstić information content (AvgIpc) is 3.23. The van der Waals surface area contributed by atoms with E-state index in [0.29, 0.717) is 59.6 Å². The second kappa shape index (κ2) is 12.3. The minimum absolute atomic E-state index is 0.0523. The summed E-state index contributed by atoms with van der Waals surface area (Å²) in [5.41, 5.74) is 0.771. The molecule has 1 atom stereocenters. The summed E-state index contributed by atoms with van der Waals surface area (Å²) in [5, 5.41) is 11.5. The quantitative estimate of drug-likeness (QED) is 0.273. The summed E-state index contributed by atoms with van der Waals surface area (Å²) in [6.45, 7) is 3.46. The predicted molar refractivity (Wildman–Crippen MR) is 142 cm³/mol. The van der Waals surface area contributed by atoms with Crippen molar-refractivity contribution in [2.45, 2.75) is 6.04 Å². The molecule has 0 aliphatic carbocycles. The fraction of sp³-hybridized carbons (Fsp3) is 0.429. The average molecular weight is 543 g/mol. The standard InChI is InChI=1S/C28H34N2O9/c1-34-19-7-6-17(14-20(19)35-2)25(31)23-24(18-15-21(36-3)27(38-5)22(16-18)37-4)30(28(33)26(23)32)9-8-29-10-12-39-13-11-29/h6-7,14-16,24,31H,8-13H2,1-5H3/b25-23+. The molecular weight excluding hydrogens is 508 g/mol. The minimum atomic E-state index is -0.909. The van der Waals surface area contributed by atoms with Gasteiger partial charge in [-0.3, -0.25) is 14.5 Å². The van der Waals surface area contributed by atoms with E-state index in [0.717, 1.165) is 13.1 Å². The fourth-order valence-corrected chi connectivity index (χ4v) is 4.93. The SMILES string of the molecule is COc1ccc(/C(O)=C2\C(=O)C(=O)N(CCN3CCOCC3)C2c2cc(OC)c(OC)c(OC)c2)cc1OC. The zero-order chi connectivity index (χ0) is 28.1. The third-order valence-electron chi connectivity index (χ3n) is 6.96. The third kappa shape index (κ3) is 5.45. The van der Waals surface area contributed by atoms with Crippen LogP contribution < -0.4 is 23.7 Å². The van der Waals surface area contributed by atoms with Crippen molar-refractivity contribution < 1.29 is 43.1 Å². The smallest absolute Gasteiger partial charge is 0.295 e. The Kier molecular flexibility index (Phi) is 8.82. The van der Waals surface area contributed by atoms with Gasteiger partial charge in [0.25, 0.3) is 11.7 Å². The van der Waals surface area contributed by atoms with Crippen LogP contribution in [0.2, 0.25) is 0 Å². The summed E-state index contributed by atoms with van der Waals surface area (Å²) in [4.78, 5) is 30.6. The largest absolute Gasteiger partial charge is 0.507 e. The van der Waals surface area contributed by atoms with Gasteiger partial charge in [-0.05, 0) is 35.9 Å². The lowest BCUT2D eigenvalue weighted by atomic mass is 9.94. The Morgan fingerprint density at radius 3 is 2.03 bits per heavy atom. The lowest BCUT2D eigenvalue weighted by Gasteiger charge is -2.31. The number of methoxy groups -OCH3 is 5. The number of aliphatic hydroxyl groups is 1. The van der Waals surface area contributed by atoms with Gasteiger partial charge >= 0.3 is 0 Å². The monoisotopic (exact) mass is 542 g/mol. The normalized spacial score (nSPS) is 19.2. The van der Waals surface area contributed by atoms with Crippen LogP contribution in [0, 0.1) is 0 Å². The first-order chi connectivity index (χ1) is 18.9. The van der Waals surface area contributed by atoms with Gasteiger partial charge in [-0.2, -0.15) is 0 Å². The van der Waals surface area contributed by atoms with E-state index in [1.54, 1.807) is 30.3 Å². The van der Waals surface area contributed by atoms with Crippen LogP contribution >= 0.6 is 0 Å². The van der Waals surface area contributed by atoms with Gasteiger partial charge in [-0.1, -0.05) is 0 Å². The topological polar surface area (TPSA) is 116 Å². The van der Waals surface area contributed by atoms with Crippen molar-refractivity contribution in [3.05, 3.63) is 47.0 Å². The lowest BCUT2D eigenvalue weighted by molar-refractivity contribution is -0.140. The van der Waals surface area contributed by atoms with Crippen LogP contribution in [0.5, 0.6) is 28.7 Å². The maximum Gasteiger partial charge on any atom is 0.295 e. The molecule has 1 unspecified atom stereocenters. The molecule has 0 bridgehead atoms. The van der Waals surface area contributed by atoms with Crippen molar-refractivity contribution in [3.8, 4) is 28.7 Å². The van der Waals surface area contributed by atoms with Gasteiger partial charge in [0.2, 0.25) is 5.75 Å². The number of carbonyl (C=O) groups is 2. The first-order valence-corrected chi connectivity index (χ1v) is 12.5. The molecule has 11 nitrogen and oxygen atoms in total. The van der Waals surface area contributed by atoms with Crippen molar-refractivity contribution in [3.63, 3.8) is 0 Å². The molecule has 0 aromatic heterocycles. The van der Waals surface area contributed by atoms with Gasteiger partial charge in [-0.25, -0.2) is 0 Å². The predicted octanol–water partition coefficient (Wildman–Crippen LogP) is 2.48. The van der Waals surface area contributed by atoms with Crippen molar-refractivity contribution in [2.75, 3.05) is 74.9 Å². The summed E-state index contributed by atoms with van der Waals surface area (Å²) >= 11 is 0. The highest BCUT2D eigenvalue weighted by Gasteiger charge is 2.46. The molecule has 0 saturated carbocycles. The Labute approximate surface area is 227 Å². The first kappa shape index (κ1) is 28.1. The van der Waals surface area contributed by atoms with Crippen LogP contribution in [0.4, 0.5) is 0 Å². The van der Waals surface area contributed by atoms with E-state index >= 15 is 0 Å². The molecule has 4 rings (SSSR count). The number of Topliss-reactive ketones (excluding diaryl/α,β-unsaturated/α-hetero) is 1. The number of carbonyl (C=O) groups excluding carboxylic acids is 2. The summed E-state index contributed by atoms with van der Waals surface area (Å²) in [7, 11) is 7.44. The second-order valence-corrected chi connectivity index (χ2v) is 8.97. The Bertz CT molecular complexity index is 1230. The maximum absolute atomic E-state index is 13.5. The van der Waals surface area contributed by atoms with Gasteiger partial charge in [-0.15, -0.1) is 0 Å². The molecule has 2 heterocycles. The second-order valence-electron chi connectivity index (χ2n) is 8.97. The molecular formula is C28H34N2O9. The van der Waals surface area contributed by atoms with Gasteiger partial charge in [0, 0.05) is 31.7 Å². The highest BCUT2D eigenvalue weighted by molar-refractivity contribution is 6.46. The molecule has 2 fully saturated rings. The third-order valence-corrected chi connectivity index (χ3v) is 6.96. The Morgan fingerprint density at radius 1 is 0.846 bits per heavy atom. The zero-order valence-electron chi connectivity index (χ0n) is 22.8. The van der Waals surface area contributed by atoms with E-state index < -0.39 is 17.7 Å². The number of nitrogens with zero attached hydrogens (tertiary/aromatic N) is 2. The van der Waals surface area contributed by atoms with Crippen LogP contribution in [-0.2, 0) is 14.3 Å². The number of ether oxygens (including phenoxy) is 6. The van der Waals surface area contributed by atoms with Crippen LogP contribution in [0.15, 0.2) is 35.9 Å². The molecule has 0 radical (unpaired) electrons.